The molecule has 16 heavy (non-hydrogen) atoms. The van der Waals surface area contributed by atoms with Crippen LogP contribution in [0.5, 0.6) is 0 Å². The molecule has 1 aliphatic heterocycles. The Morgan fingerprint density at radius 2 is 2.25 bits per heavy atom. The number of carbonyl (C=O) groups is 1. The molecule has 88 valence electrons. The van der Waals surface area contributed by atoms with Crippen molar-refractivity contribution in [2.24, 2.45) is 0 Å². The van der Waals surface area contributed by atoms with Gasteiger partial charge >= 0.3 is 6.09 Å². The molecule has 0 radical (unpaired) electrons. The first-order valence-corrected chi connectivity index (χ1v) is 5.37. The fourth-order valence-electron chi connectivity index (χ4n) is 1.18. The summed E-state index contributed by atoms with van der Waals surface area (Å²) in [6.45, 7) is 1.26. The van der Waals surface area contributed by atoms with E-state index in [9.17, 15) is 13.6 Å². The summed E-state index contributed by atoms with van der Waals surface area (Å²) in [5.74, 6) is 0. The predicted molar refractivity (Wildman–Crippen MR) is 53.1 cm³/mol. The second kappa shape index (κ2) is 4.36. The van der Waals surface area contributed by atoms with Crippen molar-refractivity contribution in [1.82, 2.24) is 14.8 Å². The van der Waals surface area contributed by atoms with Gasteiger partial charge in [-0.25, -0.2) is 13.6 Å². The van der Waals surface area contributed by atoms with Gasteiger partial charge in [0.25, 0.3) is 6.43 Å². The van der Waals surface area contributed by atoms with E-state index in [1.807, 2.05) is 0 Å². The maximum absolute atomic E-state index is 12.4. The first-order chi connectivity index (χ1) is 7.58. The lowest BCUT2D eigenvalue weighted by atomic mass is 10.2. The van der Waals surface area contributed by atoms with Gasteiger partial charge in [-0.05, 0) is 22.4 Å². The molecule has 1 saturated heterocycles. The quantitative estimate of drug-likeness (QED) is 0.836. The van der Waals surface area contributed by atoms with Gasteiger partial charge in [-0.2, -0.15) is 0 Å². The van der Waals surface area contributed by atoms with Crippen molar-refractivity contribution in [1.29, 1.82) is 0 Å². The third-order valence-electron chi connectivity index (χ3n) is 2.17. The summed E-state index contributed by atoms with van der Waals surface area (Å²) >= 11 is 2.91. The molecule has 1 aromatic heterocycles. The van der Waals surface area contributed by atoms with Crippen LogP contribution in [-0.2, 0) is 0 Å². The molecule has 0 bridgehead atoms. The minimum absolute atomic E-state index is 0.110. The number of likely N-dealkylation sites (tertiary alicyclic amines) is 1. The first-order valence-electron chi connectivity index (χ1n) is 4.58. The Morgan fingerprint density at radius 1 is 1.56 bits per heavy atom. The van der Waals surface area contributed by atoms with Crippen LogP contribution < -0.4 is 4.84 Å². The van der Waals surface area contributed by atoms with Gasteiger partial charge in [0.2, 0.25) is 0 Å². The van der Waals surface area contributed by atoms with Crippen molar-refractivity contribution in [3.63, 3.8) is 0 Å². The van der Waals surface area contributed by atoms with Crippen LogP contribution in [0.1, 0.15) is 18.5 Å². The smallest absolute Gasteiger partial charge is 0.306 e. The molecule has 8 heteroatoms. The molecule has 1 aliphatic rings. The van der Waals surface area contributed by atoms with Crippen LogP contribution in [0.4, 0.5) is 13.6 Å². The maximum Gasteiger partial charge on any atom is 0.435 e. The lowest BCUT2D eigenvalue weighted by Crippen LogP contribution is -2.45. The van der Waals surface area contributed by atoms with Crippen LogP contribution in [-0.4, -0.2) is 34.0 Å². The molecular weight excluding hydrogens is 288 g/mol. The van der Waals surface area contributed by atoms with Gasteiger partial charge in [0.1, 0.15) is 5.69 Å². The van der Waals surface area contributed by atoms with Crippen LogP contribution in [0.15, 0.2) is 10.7 Å². The number of alkyl halides is 2. The SMILES string of the molecule is O=C(On1cc(Br)c(C(F)F)n1)N1CCC1. The van der Waals surface area contributed by atoms with Gasteiger partial charge in [-0.15, -0.1) is 5.10 Å². The Morgan fingerprint density at radius 3 is 2.69 bits per heavy atom. The van der Waals surface area contributed by atoms with Crippen LogP contribution in [0.25, 0.3) is 0 Å². The summed E-state index contributed by atoms with van der Waals surface area (Å²) in [5, 5.41) is 3.44. The average Bonchev–Trinajstić information content (AvgIpc) is 2.43. The van der Waals surface area contributed by atoms with E-state index in [1.54, 1.807) is 0 Å². The van der Waals surface area contributed by atoms with Crippen molar-refractivity contribution in [2.75, 3.05) is 13.1 Å². The van der Waals surface area contributed by atoms with Crippen LogP contribution in [0, 0.1) is 0 Å². The van der Waals surface area contributed by atoms with E-state index < -0.39 is 18.2 Å². The molecule has 0 atom stereocenters. The Balaban J connectivity index is 2.04. The van der Waals surface area contributed by atoms with E-state index in [1.165, 1.54) is 11.1 Å². The monoisotopic (exact) mass is 295 g/mol. The second-order valence-electron chi connectivity index (χ2n) is 3.26. The zero-order valence-corrected chi connectivity index (χ0v) is 9.65. The standard InChI is InChI=1S/C8H8BrF2N3O2/c9-5-4-14(12-6(5)7(10)11)16-8(15)13-2-1-3-13/h4,7H,1-3H2. The Kier molecular flexibility index (Phi) is 3.08. The molecular formula is C8H8BrF2N3O2. The molecule has 2 heterocycles. The topological polar surface area (TPSA) is 47.4 Å². The Bertz CT molecular complexity index is 406. The molecule has 0 spiro atoms. The van der Waals surface area contributed by atoms with E-state index in [0.29, 0.717) is 13.1 Å². The Hall–Kier alpha value is -1.18. The summed E-state index contributed by atoms with van der Waals surface area (Å²) < 4.78 is 24.8. The third kappa shape index (κ3) is 2.16. The van der Waals surface area contributed by atoms with Crippen LogP contribution in [0.3, 0.4) is 0 Å². The molecule has 0 aromatic carbocycles. The minimum Gasteiger partial charge on any atom is -0.306 e. The van der Waals surface area contributed by atoms with Crippen molar-refractivity contribution in [3.05, 3.63) is 16.4 Å². The molecule has 1 aromatic rings. The van der Waals surface area contributed by atoms with E-state index in [-0.39, 0.29) is 4.47 Å². The fourth-order valence-corrected chi connectivity index (χ4v) is 1.60. The first kappa shape index (κ1) is 11.3. The second-order valence-corrected chi connectivity index (χ2v) is 4.12. The predicted octanol–water partition coefficient (Wildman–Crippen LogP) is 1.84. The highest BCUT2D eigenvalue weighted by atomic mass is 79.9. The molecule has 0 saturated carbocycles. The van der Waals surface area contributed by atoms with Crippen molar-refractivity contribution in [3.8, 4) is 0 Å². The van der Waals surface area contributed by atoms with Crippen molar-refractivity contribution < 1.29 is 18.4 Å². The Labute approximate surface area is 98.0 Å². The number of nitrogens with zero attached hydrogens (tertiary/aromatic N) is 3. The largest absolute Gasteiger partial charge is 0.435 e. The van der Waals surface area contributed by atoms with E-state index in [2.05, 4.69) is 21.0 Å². The molecule has 0 unspecified atom stereocenters. The number of carbonyl (C=O) groups excluding carboxylic acids is 1. The molecule has 1 amide bonds. The molecule has 0 aliphatic carbocycles. The number of hydrogen-bond donors (Lipinski definition) is 0. The molecule has 0 N–H and O–H groups in total. The lowest BCUT2D eigenvalue weighted by Gasteiger charge is -2.28. The number of rotatable bonds is 2. The van der Waals surface area contributed by atoms with E-state index in [0.717, 1.165) is 11.3 Å². The number of amides is 1. The maximum atomic E-state index is 12.4. The van der Waals surface area contributed by atoms with Crippen LogP contribution >= 0.6 is 15.9 Å². The zero-order valence-electron chi connectivity index (χ0n) is 8.07. The van der Waals surface area contributed by atoms with E-state index in [4.69, 9.17) is 4.84 Å². The van der Waals surface area contributed by atoms with Gasteiger partial charge in [-0.3, -0.25) is 4.84 Å². The summed E-state index contributed by atoms with van der Waals surface area (Å²) in [4.78, 5) is 18.3. The number of halogens is 3. The molecule has 5 nitrogen and oxygen atoms in total. The highest BCUT2D eigenvalue weighted by Gasteiger charge is 2.24. The average molecular weight is 296 g/mol. The lowest BCUT2D eigenvalue weighted by molar-refractivity contribution is 0.0579. The summed E-state index contributed by atoms with van der Waals surface area (Å²) in [7, 11) is 0. The van der Waals surface area contributed by atoms with Gasteiger partial charge in [-0.1, -0.05) is 4.85 Å². The van der Waals surface area contributed by atoms with Crippen LogP contribution in [0.2, 0.25) is 0 Å². The third-order valence-corrected chi connectivity index (χ3v) is 2.78. The summed E-state index contributed by atoms with van der Waals surface area (Å²) in [6.07, 6.45) is -1.18. The highest BCUT2D eigenvalue weighted by molar-refractivity contribution is 9.10. The molecule has 2 rings (SSSR count). The van der Waals surface area contributed by atoms with E-state index >= 15 is 0 Å². The zero-order chi connectivity index (χ0) is 11.7. The van der Waals surface area contributed by atoms with Gasteiger partial charge < -0.3 is 4.90 Å². The van der Waals surface area contributed by atoms with Crippen molar-refractivity contribution >= 4 is 22.0 Å². The van der Waals surface area contributed by atoms with Gasteiger partial charge in [0.05, 0.1) is 10.7 Å². The summed E-state index contributed by atoms with van der Waals surface area (Å²) in [6, 6.07) is 0. The summed E-state index contributed by atoms with van der Waals surface area (Å²) in [5.41, 5.74) is -0.448. The number of hydrogen-bond acceptors (Lipinski definition) is 3. The van der Waals surface area contributed by atoms with Gasteiger partial charge in [0.15, 0.2) is 0 Å². The fraction of sp³-hybridized carbons (Fsp3) is 0.500. The number of aromatic nitrogens is 2. The highest BCUT2D eigenvalue weighted by Crippen LogP contribution is 2.25. The molecule has 1 fully saturated rings. The normalized spacial score (nSPS) is 15.1. The van der Waals surface area contributed by atoms with Gasteiger partial charge in [0, 0.05) is 13.1 Å². The minimum atomic E-state index is -2.71. The van der Waals surface area contributed by atoms with Crippen molar-refractivity contribution in [2.45, 2.75) is 12.8 Å².